The minimum atomic E-state index is -0.641. The standard InChI is InChI=1S/C21H19ClN4O4/c1-12(2)26-20(28)24-19(23-16-8-5-14-9-18(27)30-17(14)10-16)25(21(26)29)11-13-3-6-15(22)7-4-13/h3-8,10,12H,9,11H2,1-2H3,(H,23,24,28). The zero-order valence-corrected chi connectivity index (χ0v) is 17.1. The fraction of sp³-hybridized carbons (Fsp3) is 0.238. The number of fused-ring (bicyclic) bond motifs is 1. The lowest BCUT2D eigenvalue weighted by atomic mass is 10.1. The molecule has 0 spiro atoms. The Morgan fingerprint density at radius 3 is 2.57 bits per heavy atom. The summed E-state index contributed by atoms with van der Waals surface area (Å²) in [5.74, 6) is 0.229. The first kappa shape index (κ1) is 19.9. The topological polar surface area (TPSA) is 95.2 Å². The largest absolute Gasteiger partial charge is 0.426 e. The van der Waals surface area contributed by atoms with Crippen LogP contribution in [0.15, 0.2) is 52.1 Å². The number of hydrogen-bond acceptors (Lipinski definition) is 6. The number of halogens is 1. The Labute approximate surface area is 176 Å². The van der Waals surface area contributed by atoms with E-state index in [4.69, 9.17) is 16.3 Å². The molecule has 1 aromatic heterocycles. The van der Waals surface area contributed by atoms with Gasteiger partial charge in [-0.2, -0.15) is 4.98 Å². The third kappa shape index (κ3) is 3.86. The number of aromatic nitrogens is 3. The van der Waals surface area contributed by atoms with Crippen molar-refractivity contribution in [2.75, 3.05) is 5.32 Å². The third-order valence-corrected chi connectivity index (χ3v) is 5.00. The van der Waals surface area contributed by atoms with Gasteiger partial charge in [-0.15, -0.1) is 0 Å². The van der Waals surface area contributed by atoms with E-state index in [1.54, 1.807) is 56.3 Å². The summed E-state index contributed by atoms with van der Waals surface area (Å²) in [5, 5.41) is 3.60. The summed E-state index contributed by atoms with van der Waals surface area (Å²) in [4.78, 5) is 41.2. The van der Waals surface area contributed by atoms with Gasteiger partial charge in [-0.25, -0.2) is 14.2 Å². The number of carbonyl (C=O) groups is 1. The van der Waals surface area contributed by atoms with Crippen molar-refractivity contribution in [1.29, 1.82) is 0 Å². The number of carbonyl (C=O) groups excluding carboxylic acids is 1. The molecule has 0 saturated heterocycles. The monoisotopic (exact) mass is 426 g/mol. The van der Waals surface area contributed by atoms with E-state index in [9.17, 15) is 14.4 Å². The summed E-state index contributed by atoms with van der Waals surface area (Å²) in [6, 6.07) is 11.9. The van der Waals surface area contributed by atoms with Crippen molar-refractivity contribution in [2.24, 2.45) is 0 Å². The fourth-order valence-electron chi connectivity index (χ4n) is 3.28. The molecule has 9 heteroatoms. The highest BCUT2D eigenvalue weighted by molar-refractivity contribution is 6.30. The second-order valence-corrected chi connectivity index (χ2v) is 7.71. The van der Waals surface area contributed by atoms with Crippen LogP contribution in [-0.2, 0) is 17.8 Å². The molecule has 1 N–H and O–H groups in total. The van der Waals surface area contributed by atoms with E-state index in [2.05, 4.69) is 10.3 Å². The minimum Gasteiger partial charge on any atom is -0.426 e. The Morgan fingerprint density at radius 2 is 1.87 bits per heavy atom. The van der Waals surface area contributed by atoms with Crippen LogP contribution < -0.4 is 21.4 Å². The highest BCUT2D eigenvalue weighted by atomic mass is 35.5. The SMILES string of the molecule is CC(C)n1c(=O)nc(Nc2ccc3c(c2)OC(=O)C3)n(Cc2ccc(Cl)cc2)c1=O. The van der Waals surface area contributed by atoms with Crippen LogP contribution in [0.3, 0.4) is 0 Å². The molecule has 0 saturated carbocycles. The molecule has 30 heavy (non-hydrogen) atoms. The van der Waals surface area contributed by atoms with Gasteiger partial charge < -0.3 is 10.1 Å². The predicted molar refractivity (Wildman–Crippen MR) is 113 cm³/mol. The molecule has 1 aliphatic rings. The van der Waals surface area contributed by atoms with Gasteiger partial charge in [-0.1, -0.05) is 29.8 Å². The molecule has 4 rings (SSSR count). The van der Waals surface area contributed by atoms with Crippen molar-refractivity contribution < 1.29 is 9.53 Å². The van der Waals surface area contributed by atoms with Gasteiger partial charge in [0.2, 0.25) is 5.95 Å². The molecular weight excluding hydrogens is 408 g/mol. The molecule has 0 aliphatic carbocycles. The third-order valence-electron chi connectivity index (χ3n) is 4.75. The van der Waals surface area contributed by atoms with Crippen LogP contribution in [0.5, 0.6) is 5.75 Å². The van der Waals surface area contributed by atoms with E-state index >= 15 is 0 Å². The van der Waals surface area contributed by atoms with Crippen LogP contribution in [-0.4, -0.2) is 20.1 Å². The quantitative estimate of drug-likeness (QED) is 0.498. The van der Waals surface area contributed by atoms with Gasteiger partial charge in [0.1, 0.15) is 5.75 Å². The lowest BCUT2D eigenvalue weighted by Crippen LogP contribution is -2.43. The maximum atomic E-state index is 13.1. The van der Waals surface area contributed by atoms with E-state index in [1.807, 2.05) is 0 Å². The molecule has 1 aliphatic heterocycles. The highest BCUT2D eigenvalue weighted by Gasteiger charge is 2.21. The summed E-state index contributed by atoms with van der Waals surface area (Å²) in [7, 11) is 0. The average Bonchev–Trinajstić information content (AvgIpc) is 3.05. The lowest BCUT2D eigenvalue weighted by Gasteiger charge is -2.17. The number of benzene rings is 2. The van der Waals surface area contributed by atoms with Crippen molar-refractivity contribution in [3.8, 4) is 5.75 Å². The van der Waals surface area contributed by atoms with Gasteiger partial charge >= 0.3 is 17.3 Å². The molecule has 0 fully saturated rings. The van der Waals surface area contributed by atoms with E-state index < -0.39 is 11.4 Å². The number of nitrogens with zero attached hydrogens (tertiary/aromatic N) is 3. The Kier molecular flexibility index (Phi) is 5.17. The number of esters is 1. The smallest absolute Gasteiger partial charge is 0.355 e. The highest BCUT2D eigenvalue weighted by Crippen LogP contribution is 2.30. The van der Waals surface area contributed by atoms with Crippen LogP contribution in [0, 0.1) is 0 Å². The van der Waals surface area contributed by atoms with Crippen molar-refractivity contribution >= 4 is 29.2 Å². The number of anilines is 2. The molecule has 3 aromatic rings. The Morgan fingerprint density at radius 1 is 1.13 bits per heavy atom. The van der Waals surface area contributed by atoms with Gasteiger partial charge in [0, 0.05) is 28.4 Å². The van der Waals surface area contributed by atoms with E-state index in [-0.39, 0.29) is 30.9 Å². The van der Waals surface area contributed by atoms with Gasteiger partial charge in [-0.05, 0) is 37.6 Å². The maximum Gasteiger partial charge on any atom is 0.355 e. The van der Waals surface area contributed by atoms with E-state index in [0.29, 0.717) is 16.5 Å². The van der Waals surface area contributed by atoms with Crippen LogP contribution in [0.1, 0.15) is 31.0 Å². The summed E-state index contributed by atoms with van der Waals surface area (Å²) < 4.78 is 7.67. The minimum absolute atomic E-state index is 0.0983. The summed E-state index contributed by atoms with van der Waals surface area (Å²) >= 11 is 5.95. The summed E-state index contributed by atoms with van der Waals surface area (Å²) in [6.07, 6.45) is 0.222. The molecule has 2 heterocycles. The molecular formula is C21H19ClN4O4. The van der Waals surface area contributed by atoms with E-state index in [0.717, 1.165) is 15.7 Å². The van der Waals surface area contributed by atoms with Gasteiger partial charge in [0.05, 0.1) is 13.0 Å². The number of ether oxygens (including phenoxy) is 1. The molecule has 8 nitrogen and oxygen atoms in total. The second-order valence-electron chi connectivity index (χ2n) is 7.28. The van der Waals surface area contributed by atoms with Crippen LogP contribution in [0.2, 0.25) is 5.02 Å². The first-order valence-corrected chi connectivity index (χ1v) is 9.78. The lowest BCUT2D eigenvalue weighted by molar-refractivity contribution is -0.131. The normalized spacial score (nSPS) is 12.7. The molecule has 0 bridgehead atoms. The Balaban J connectivity index is 1.77. The molecule has 0 radical (unpaired) electrons. The molecule has 154 valence electrons. The van der Waals surface area contributed by atoms with Gasteiger partial charge in [0.15, 0.2) is 0 Å². The van der Waals surface area contributed by atoms with Crippen LogP contribution in [0.25, 0.3) is 0 Å². The van der Waals surface area contributed by atoms with Gasteiger partial charge in [0.25, 0.3) is 0 Å². The first-order chi connectivity index (χ1) is 14.3. The Hall–Kier alpha value is -3.39. The van der Waals surface area contributed by atoms with Crippen LogP contribution >= 0.6 is 11.6 Å². The first-order valence-electron chi connectivity index (χ1n) is 9.40. The van der Waals surface area contributed by atoms with E-state index in [1.165, 1.54) is 4.57 Å². The maximum absolute atomic E-state index is 13.1. The number of nitrogens with one attached hydrogen (secondary N) is 1. The van der Waals surface area contributed by atoms with Crippen molar-refractivity contribution in [3.05, 3.63) is 79.6 Å². The number of hydrogen-bond donors (Lipinski definition) is 1. The van der Waals surface area contributed by atoms with Crippen LogP contribution in [0.4, 0.5) is 11.6 Å². The molecule has 0 unspecified atom stereocenters. The number of rotatable bonds is 5. The molecule has 0 atom stereocenters. The zero-order valence-electron chi connectivity index (χ0n) is 16.4. The summed E-state index contributed by atoms with van der Waals surface area (Å²) in [5.41, 5.74) is 1.03. The average molecular weight is 427 g/mol. The van der Waals surface area contributed by atoms with Crippen molar-refractivity contribution in [3.63, 3.8) is 0 Å². The predicted octanol–water partition coefficient (Wildman–Crippen LogP) is 2.89. The fourth-order valence-corrected chi connectivity index (χ4v) is 3.40. The molecule has 2 aromatic carbocycles. The second kappa shape index (κ2) is 7.79. The van der Waals surface area contributed by atoms with Crippen molar-refractivity contribution in [1.82, 2.24) is 14.1 Å². The van der Waals surface area contributed by atoms with Gasteiger partial charge in [-0.3, -0.25) is 9.36 Å². The summed E-state index contributed by atoms with van der Waals surface area (Å²) in [6.45, 7) is 3.69. The Bertz CT molecular complexity index is 1250. The zero-order chi connectivity index (χ0) is 21.4. The molecule has 0 amide bonds. The van der Waals surface area contributed by atoms with Crippen molar-refractivity contribution in [2.45, 2.75) is 32.9 Å².